The number of aliphatic hydroxyl groups is 3. The molecule has 0 atom stereocenters. The first-order chi connectivity index (χ1) is 33.9. The lowest BCUT2D eigenvalue weighted by atomic mass is 9.86. The van der Waals surface area contributed by atoms with Gasteiger partial charge in [0.25, 0.3) is 20.2 Å². The Labute approximate surface area is 436 Å². The minimum Gasteiger partial charge on any atom is -0.493 e. The molecule has 4 aromatic heterocycles. The van der Waals surface area contributed by atoms with E-state index in [1.54, 1.807) is 27.1 Å². The number of hydrogen-bond acceptors (Lipinski definition) is 16. The topological polar surface area (TPSA) is 290 Å². The summed E-state index contributed by atoms with van der Waals surface area (Å²) in [5.74, 6) is 2.43. The Morgan fingerprint density at radius 1 is 0.685 bits per heavy atom. The molecule has 0 bridgehead atoms. The number of benzene rings is 2. The summed E-state index contributed by atoms with van der Waals surface area (Å²) in [7, 11) is 1.16. The number of nitrogens with one attached hydrogen (secondary N) is 3. The van der Waals surface area contributed by atoms with E-state index in [-0.39, 0.29) is 78.0 Å². The number of rotatable bonds is 16. The van der Waals surface area contributed by atoms with E-state index >= 15 is 0 Å². The van der Waals surface area contributed by atoms with Gasteiger partial charge in [0.1, 0.15) is 34.2 Å². The third-order valence-electron chi connectivity index (χ3n) is 12.2. The van der Waals surface area contributed by atoms with Crippen molar-refractivity contribution >= 4 is 64.2 Å². The highest BCUT2D eigenvalue weighted by atomic mass is 35.7. The summed E-state index contributed by atoms with van der Waals surface area (Å²) >= 11 is 0. The monoisotopic (exact) mass is 1100 g/mol. The van der Waals surface area contributed by atoms with Crippen LogP contribution in [0.4, 0.5) is 0 Å². The molecule has 0 amide bonds. The number of aryl methyl sites for hydroxylation is 4. The Balaban J connectivity index is 0.000000253. The molecule has 6 aromatic rings. The zero-order valence-corrected chi connectivity index (χ0v) is 44.6. The SMILES string of the molecule is C.CCCc1nn(C)c2c(=O)[nH]c(-c3cc(S(=O)(=O)Cl)ccc3OCC)nc12.CCCc1nn(C)c2c(=O)[nH]c(-c3cc(S(=O)(=O)N4CC(CO)C4)ccc3OCC)nc12.Cl.OCC1CCC1.OCC1CNC1. The molecule has 2 aromatic carbocycles. The number of nitrogens with zero attached hydrogens (tertiary/aromatic N) is 7. The molecule has 0 radical (unpaired) electrons. The molecular formula is C48H70Cl2N10O11S2. The van der Waals surface area contributed by atoms with Gasteiger partial charge in [-0.15, -0.1) is 12.4 Å². The average Bonchev–Trinajstić information content (AvgIpc) is 3.77. The molecule has 73 heavy (non-hydrogen) atoms. The Hall–Kier alpha value is -4.98. The van der Waals surface area contributed by atoms with Crippen molar-refractivity contribution in [3.63, 3.8) is 0 Å². The minimum atomic E-state index is -3.95. The third kappa shape index (κ3) is 14.2. The fraction of sp³-hybridized carbons (Fsp3) is 0.542. The van der Waals surface area contributed by atoms with Crippen molar-refractivity contribution in [1.29, 1.82) is 0 Å². The summed E-state index contributed by atoms with van der Waals surface area (Å²) in [4.78, 5) is 40.1. The highest BCUT2D eigenvalue weighted by Gasteiger charge is 2.37. The zero-order valence-electron chi connectivity index (χ0n) is 41.4. The van der Waals surface area contributed by atoms with Gasteiger partial charge in [-0.2, -0.15) is 14.5 Å². The van der Waals surface area contributed by atoms with Crippen LogP contribution in [-0.4, -0.2) is 135 Å². The second kappa shape index (κ2) is 27.0. The van der Waals surface area contributed by atoms with Crippen molar-refractivity contribution in [3.05, 3.63) is 68.5 Å². The molecule has 404 valence electrons. The largest absolute Gasteiger partial charge is 0.493 e. The van der Waals surface area contributed by atoms with Crippen molar-refractivity contribution < 1.29 is 41.6 Å². The highest BCUT2D eigenvalue weighted by molar-refractivity contribution is 8.13. The quantitative estimate of drug-likeness (QED) is 0.0701. The van der Waals surface area contributed by atoms with Gasteiger partial charge < -0.3 is 40.1 Å². The number of sulfonamides is 1. The van der Waals surface area contributed by atoms with Crippen molar-refractivity contribution in [2.75, 3.05) is 59.2 Å². The highest BCUT2D eigenvalue weighted by Crippen LogP contribution is 2.35. The summed E-state index contributed by atoms with van der Waals surface area (Å²) in [5.41, 5.74) is 3.14. The first kappa shape index (κ1) is 60.6. The zero-order chi connectivity index (χ0) is 51.6. The van der Waals surface area contributed by atoms with Gasteiger partial charge in [0.15, 0.2) is 11.0 Å². The molecular weight excluding hydrogens is 1030 g/mol. The van der Waals surface area contributed by atoms with E-state index in [2.05, 4.69) is 35.5 Å². The number of aliphatic hydroxyl groups excluding tert-OH is 3. The van der Waals surface area contributed by atoms with Crippen LogP contribution in [0.2, 0.25) is 0 Å². The predicted molar refractivity (Wildman–Crippen MR) is 284 cm³/mol. The van der Waals surface area contributed by atoms with E-state index in [1.165, 1.54) is 63.3 Å². The van der Waals surface area contributed by atoms with Gasteiger partial charge in [-0.05, 0) is 81.8 Å². The fourth-order valence-corrected chi connectivity index (χ4v) is 10.4. The summed E-state index contributed by atoms with van der Waals surface area (Å²) in [6, 6.07) is 8.73. The molecule has 0 spiro atoms. The van der Waals surface area contributed by atoms with Crippen molar-refractivity contribution in [3.8, 4) is 34.3 Å². The molecule has 6 N–H and O–H groups in total. The molecule has 1 aliphatic carbocycles. The lowest BCUT2D eigenvalue weighted by Crippen LogP contribution is -2.51. The minimum absolute atomic E-state index is 0. The summed E-state index contributed by atoms with van der Waals surface area (Å²) in [6.07, 6.45) is 6.89. The van der Waals surface area contributed by atoms with Crippen LogP contribution < -0.4 is 25.9 Å². The molecule has 25 heteroatoms. The predicted octanol–water partition coefficient (Wildman–Crippen LogP) is 4.92. The molecule has 2 aliphatic heterocycles. The molecule has 1 saturated carbocycles. The lowest BCUT2D eigenvalue weighted by molar-refractivity contribution is 0.117. The number of H-pyrrole nitrogens is 2. The number of aromatic nitrogens is 8. The smallest absolute Gasteiger partial charge is 0.277 e. The Morgan fingerprint density at radius 2 is 1.12 bits per heavy atom. The standard InChI is InChI=1S/C21H27N5O5S.C17H19ClN4O4S.C5H10O.C4H9NO.CH4.ClH/c1-4-6-16-18-19(25(3)24-16)21(28)23-20(22-18)15-9-14(7-8-17(15)31-5-2)32(29,30)26-10-13(11-26)12-27;1-4-6-12-14-15(22(3)21-12)17(23)20-16(19-14)11-9-10(27(18,24)25)7-8-13(11)26-5-2;6-4-5-2-1-3-5;6-3-4-1-5-2-4;;/h7-9,13,27H,4-6,10-12H2,1-3H3,(H,22,23,28);7-9H,4-6H2,1-3H3,(H,19,20,23);5-6H,1-4H2;4-6H,1-3H2;1H4;1H. The average molecular weight is 1100 g/mol. The van der Waals surface area contributed by atoms with Gasteiger partial charge in [0.2, 0.25) is 10.0 Å². The third-order valence-corrected chi connectivity index (χ3v) is 15.4. The van der Waals surface area contributed by atoms with Crippen molar-refractivity contribution in [1.82, 2.24) is 49.1 Å². The van der Waals surface area contributed by atoms with Gasteiger partial charge in [-0.3, -0.25) is 19.0 Å². The maximum absolute atomic E-state index is 13.0. The van der Waals surface area contributed by atoms with Gasteiger partial charge in [0.05, 0.1) is 45.5 Å². The second-order valence-corrected chi connectivity index (χ2v) is 22.0. The van der Waals surface area contributed by atoms with Gasteiger partial charge >= 0.3 is 0 Å². The lowest BCUT2D eigenvalue weighted by Gasteiger charge is -2.37. The molecule has 2 saturated heterocycles. The number of hydrogen-bond donors (Lipinski definition) is 6. The molecule has 6 heterocycles. The van der Waals surface area contributed by atoms with Crippen molar-refractivity contribution in [2.24, 2.45) is 31.8 Å². The normalized spacial score (nSPS) is 14.9. The number of ether oxygens (including phenoxy) is 2. The van der Waals surface area contributed by atoms with Crippen LogP contribution in [0.1, 0.15) is 78.6 Å². The number of fused-ring (bicyclic) bond motifs is 2. The van der Waals surface area contributed by atoms with E-state index in [1.807, 2.05) is 20.8 Å². The second-order valence-electron chi connectivity index (χ2n) is 17.5. The van der Waals surface area contributed by atoms with E-state index < -0.39 is 19.1 Å². The van der Waals surface area contributed by atoms with E-state index in [0.29, 0.717) is 101 Å². The molecule has 3 aliphatic rings. The number of halogens is 2. The Bertz CT molecular complexity index is 3110. The van der Waals surface area contributed by atoms with Crippen LogP contribution in [-0.2, 0) is 46.0 Å². The maximum atomic E-state index is 13.0. The molecule has 21 nitrogen and oxygen atoms in total. The fourth-order valence-electron chi connectivity index (χ4n) is 7.96. The number of aromatic amines is 2. The first-order valence-electron chi connectivity index (χ1n) is 23.9. The van der Waals surface area contributed by atoms with E-state index in [0.717, 1.165) is 31.6 Å². The van der Waals surface area contributed by atoms with Crippen LogP contribution in [0.15, 0.2) is 55.8 Å². The Morgan fingerprint density at radius 3 is 1.45 bits per heavy atom. The van der Waals surface area contributed by atoms with Crippen LogP contribution in [0.25, 0.3) is 44.8 Å². The van der Waals surface area contributed by atoms with E-state index in [9.17, 15) is 31.5 Å². The maximum Gasteiger partial charge on any atom is 0.277 e. The summed E-state index contributed by atoms with van der Waals surface area (Å²) < 4.78 is 65.2. The van der Waals surface area contributed by atoms with E-state index in [4.69, 9.17) is 30.4 Å². The van der Waals surface area contributed by atoms with Crippen LogP contribution in [0.5, 0.6) is 11.5 Å². The summed E-state index contributed by atoms with van der Waals surface area (Å²) in [6.45, 7) is 11.7. The van der Waals surface area contributed by atoms with Crippen molar-refractivity contribution in [2.45, 2.75) is 89.9 Å². The van der Waals surface area contributed by atoms with Crippen LogP contribution >= 0.6 is 23.1 Å². The van der Waals surface area contributed by atoms with Gasteiger partial charge in [0, 0.05) is 82.6 Å². The molecule has 3 fully saturated rings. The molecule has 9 rings (SSSR count). The van der Waals surface area contributed by atoms with Crippen LogP contribution in [0.3, 0.4) is 0 Å². The molecule has 0 unspecified atom stereocenters. The first-order valence-corrected chi connectivity index (χ1v) is 27.6. The van der Waals surface area contributed by atoms with Gasteiger partial charge in [-0.25, -0.2) is 26.8 Å². The summed E-state index contributed by atoms with van der Waals surface area (Å²) in [5, 5.41) is 37.8. The van der Waals surface area contributed by atoms with Crippen LogP contribution in [0, 0.1) is 17.8 Å². The Kier molecular flexibility index (Phi) is 22.4. The van der Waals surface area contributed by atoms with Gasteiger partial charge in [-0.1, -0.05) is 40.5 Å².